The van der Waals surface area contributed by atoms with Gasteiger partial charge < -0.3 is 14.4 Å². The highest BCUT2D eigenvalue weighted by atomic mass is 16.5. The van der Waals surface area contributed by atoms with Crippen molar-refractivity contribution in [2.24, 2.45) is 0 Å². The molecule has 6 heteroatoms. The van der Waals surface area contributed by atoms with Gasteiger partial charge in [0.25, 0.3) is 0 Å². The van der Waals surface area contributed by atoms with Crippen LogP contribution >= 0.6 is 0 Å². The molecule has 1 aliphatic rings. The fourth-order valence-corrected chi connectivity index (χ4v) is 3.06. The summed E-state index contributed by atoms with van der Waals surface area (Å²) >= 11 is 0. The van der Waals surface area contributed by atoms with E-state index in [1.807, 2.05) is 35.2 Å². The number of nitrogens with zero attached hydrogens (tertiary/aromatic N) is 2. The quantitative estimate of drug-likeness (QED) is 0.883. The van der Waals surface area contributed by atoms with Crippen molar-refractivity contribution in [2.45, 2.75) is 25.4 Å². The van der Waals surface area contributed by atoms with E-state index >= 15 is 0 Å². The molecular weight excluding hydrogens is 306 g/mol. The second-order valence-corrected chi connectivity index (χ2v) is 6.04. The molecule has 3 rings (SSSR count). The number of carbonyl (C=O) groups is 1. The smallest absolute Gasteiger partial charge is 0.248 e. The minimum Gasteiger partial charge on any atom is -0.497 e. The van der Waals surface area contributed by atoms with Gasteiger partial charge in [-0.3, -0.25) is 9.89 Å². The Morgan fingerprint density at radius 2 is 2.33 bits per heavy atom. The third-order valence-electron chi connectivity index (χ3n) is 4.36. The number of methoxy groups -OCH3 is 1. The van der Waals surface area contributed by atoms with Gasteiger partial charge in [0.15, 0.2) is 0 Å². The van der Waals surface area contributed by atoms with Crippen LogP contribution in [0.25, 0.3) is 0 Å². The Kier molecular flexibility index (Phi) is 5.48. The topological polar surface area (TPSA) is 67.5 Å². The highest BCUT2D eigenvalue weighted by Crippen LogP contribution is 2.25. The van der Waals surface area contributed by atoms with E-state index in [1.165, 1.54) is 0 Å². The van der Waals surface area contributed by atoms with Gasteiger partial charge in [-0.15, -0.1) is 0 Å². The van der Waals surface area contributed by atoms with E-state index in [0.29, 0.717) is 12.5 Å². The molecule has 0 spiro atoms. The standard InChI is InChI=1S/C18H23N3O3/c1-23-16-6-2-4-14(10-16)12-24-13-18(22)21-9-3-5-15(11-21)17-7-8-19-20-17/h2,4,6-8,10,15H,3,5,9,11-13H2,1H3,(H,19,20)/t15-/m1/s1. The van der Waals surface area contributed by atoms with Gasteiger partial charge in [0.1, 0.15) is 12.4 Å². The number of nitrogens with one attached hydrogen (secondary N) is 1. The van der Waals surface area contributed by atoms with Gasteiger partial charge >= 0.3 is 0 Å². The van der Waals surface area contributed by atoms with Crippen LogP contribution in [-0.4, -0.2) is 47.8 Å². The maximum absolute atomic E-state index is 12.4. The van der Waals surface area contributed by atoms with Crippen LogP contribution in [0.5, 0.6) is 5.75 Å². The molecule has 1 atom stereocenters. The number of aromatic amines is 1. The van der Waals surface area contributed by atoms with Gasteiger partial charge in [0.05, 0.1) is 13.7 Å². The van der Waals surface area contributed by atoms with Gasteiger partial charge in [-0.25, -0.2) is 0 Å². The Bertz CT molecular complexity index is 657. The van der Waals surface area contributed by atoms with Crippen molar-refractivity contribution in [2.75, 3.05) is 26.8 Å². The summed E-state index contributed by atoms with van der Waals surface area (Å²) in [7, 11) is 1.63. The summed E-state index contributed by atoms with van der Waals surface area (Å²) in [6.07, 6.45) is 3.84. The number of carbonyl (C=O) groups excluding carboxylic acids is 1. The molecule has 1 saturated heterocycles. The van der Waals surface area contributed by atoms with Crippen molar-refractivity contribution in [1.29, 1.82) is 0 Å². The van der Waals surface area contributed by atoms with Gasteiger partial charge in [-0.1, -0.05) is 12.1 Å². The lowest BCUT2D eigenvalue weighted by molar-refractivity contribution is -0.137. The van der Waals surface area contributed by atoms with Crippen LogP contribution in [0.4, 0.5) is 0 Å². The van der Waals surface area contributed by atoms with E-state index in [9.17, 15) is 4.79 Å². The summed E-state index contributed by atoms with van der Waals surface area (Å²) in [5.74, 6) is 1.17. The summed E-state index contributed by atoms with van der Waals surface area (Å²) in [6.45, 7) is 2.03. The van der Waals surface area contributed by atoms with Gasteiger partial charge in [0, 0.05) is 30.9 Å². The predicted molar refractivity (Wildman–Crippen MR) is 89.8 cm³/mol. The molecule has 0 bridgehead atoms. The van der Waals surface area contributed by atoms with Gasteiger partial charge in [0.2, 0.25) is 5.91 Å². The first-order valence-electron chi connectivity index (χ1n) is 8.24. The summed E-state index contributed by atoms with van der Waals surface area (Å²) in [5.41, 5.74) is 2.10. The lowest BCUT2D eigenvalue weighted by atomic mass is 9.95. The maximum Gasteiger partial charge on any atom is 0.248 e. The van der Waals surface area contributed by atoms with Crippen molar-refractivity contribution in [3.8, 4) is 5.75 Å². The molecular formula is C18H23N3O3. The van der Waals surface area contributed by atoms with Crippen LogP contribution < -0.4 is 4.74 Å². The molecule has 1 fully saturated rings. The average molecular weight is 329 g/mol. The van der Waals surface area contributed by atoms with Crippen LogP contribution in [0.1, 0.15) is 30.0 Å². The van der Waals surface area contributed by atoms with E-state index in [4.69, 9.17) is 9.47 Å². The number of aromatic nitrogens is 2. The number of rotatable bonds is 6. The third kappa shape index (κ3) is 4.14. The molecule has 1 amide bonds. The molecule has 2 heterocycles. The van der Waals surface area contributed by atoms with Crippen molar-refractivity contribution < 1.29 is 14.3 Å². The number of likely N-dealkylation sites (tertiary alicyclic amines) is 1. The molecule has 6 nitrogen and oxygen atoms in total. The zero-order valence-electron chi connectivity index (χ0n) is 13.9. The van der Waals surface area contributed by atoms with Crippen molar-refractivity contribution in [3.63, 3.8) is 0 Å². The maximum atomic E-state index is 12.4. The number of benzene rings is 1. The molecule has 0 unspecified atom stereocenters. The largest absolute Gasteiger partial charge is 0.497 e. The number of piperidine rings is 1. The number of hydrogen-bond donors (Lipinski definition) is 1. The first kappa shape index (κ1) is 16.5. The number of amides is 1. The fraction of sp³-hybridized carbons (Fsp3) is 0.444. The lowest BCUT2D eigenvalue weighted by Crippen LogP contribution is -2.41. The fourth-order valence-electron chi connectivity index (χ4n) is 3.06. The van der Waals surface area contributed by atoms with Crippen LogP contribution in [0, 0.1) is 0 Å². The first-order valence-corrected chi connectivity index (χ1v) is 8.24. The second-order valence-electron chi connectivity index (χ2n) is 6.04. The zero-order chi connectivity index (χ0) is 16.8. The lowest BCUT2D eigenvalue weighted by Gasteiger charge is -2.32. The van der Waals surface area contributed by atoms with Crippen LogP contribution in [0.15, 0.2) is 36.5 Å². The second kappa shape index (κ2) is 7.97. The number of ether oxygens (including phenoxy) is 2. The highest BCUT2D eigenvalue weighted by molar-refractivity contribution is 5.77. The Morgan fingerprint density at radius 3 is 3.12 bits per heavy atom. The van der Waals surface area contributed by atoms with Crippen LogP contribution in [-0.2, 0) is 16.1 Å². The molecule has 1 aliphatic heterocycles. The van der Waals surface area contributed by atoms with E-state index in [1.54, 1.807) is 13.3 Å². The monoisotopic (exact) mass is 329 g/mol. The number of H-pyrrole nitrogens is 1. The Labute approximate surface area is 141 Å². The molecule has 0 aliphatic carbocycles. The van der Waals surface area contributed by atoms with Gasteiger partial charge in [-0.05, 0) is 36.6 Å². The Balaban J connectivity index is 1.47. The van der Waals surface area contributed by atoms with Gasteiger partial charge in [-0.2, -0.15) is 5.10 Å². The molecule has 24 heavy (non-hydrogen) atoms. The van der Waals surface area contributed by atoms with E-state index < -0.39 is 0 Å². The molecule has 2 aromatic rings. The molecule has 1 N–H and O–H groups in total. The molecule has 1 aromatic carbocycles. The summed E-state index contributed by atoms with van der Waals surface area (Å²) in [4.78, 5) is 14.3. The summed E-state index contributed by atoms with van der Waals surface area (Å²) < 4.78 is 10.8. The molecule has 1 aromatic heterocycles. The minimum absolute atomic E-state index is 0.0436. The van der Waals surface area contributed by atoms with Crippen molar-refractivity contribution >= 4 is 5.91 Å². The zero-order valence-corrected chi connectivity index (χ0v) is 13.9. The first-order chi connectivity index (χ1) is 11.8. The third-order valence-corrected chi connectivity index (χ3v) is 4.36. The van der Waals surface area contributed by atoms with E-state index in [2.05, 4.69) is 10.2 Å². The van der Waals surface area contributed by atoms with E-state index in [-0.39, 0.29) is 12.5 Å². The van der Waals surface area contributed by atoms with Crippen molar-refractivity contribution in [1.82, 2.24) is 15.1 Å². The Hall–Kier alpha value is -2.34. The van der Waals surface area contributed by atoms with Crippen LogP contribution in [0.3, 0.4) is 0 Å². The van der Waals surface area contributed by atoms with Crippen LogP contribution in [0.2, 0.25) is 0 Å². The summed E-state index contributed by atoms with van der Waals surface area (Å²) in [6, 6.07) is 9.66. The SMILES string of the molecule is COc1cccc(COCC(=O)N2CCC[C@@H](c3ccn[nH]3)C2)c1. The molecule has 0 radical (unpaired) electrons. The average Bonchev–Trinajstić information content (AvgIpc) is 3.17. The highest BCUT2D eigenvalue weighted by Gasteiger charge is 2.25. The Morgan fingerprint density at radius 1 is 1.42 bits per heavy atom. The molecule has 128 valence electrons. The van der Waals surface area contributed by atoms with Crippen molar-refractivity contribution in [3.05, 3.63) is 47.8 Å². The van der Waals surface area contributed by atoms with E-state index in [0.717, 1.165) is 42.9 Å². The molecule has 0 saturated carbocycles. The summed E-state index contributed by atoms with van der Waals surface area (Å²) in [5, 5.41) is 7.01. The minimum atomic E-state index is 0.0436. The number of hydrogen-bond acceptors (Lipinski definition) is 4. The normalized spacial score (nSPS) is 17.7. The predicted octanol–water partition coefficient (Wildman–Crippen LogP) is 2.34.